The van der Waals surface area contributed by atoms with Crippen LogP contribution in [0, 0.1) is 11.8 Å². The molecule has 0 amide bonds. The van der Waals surface area contributed by atoms with Gasteiger partial charge in [0, 0.05) is 31.4 Å². The van der Waals surface area contributed by atoms with Crippen LogP contribution in [0.2, 0.25) is 0 Å². The van der Waals surface area contributed by atoms with E-state index in [-0.39, 0.29) is 0 Å². The summed E-state index contributed by atoms with van der Waals surface area (Å²) in [6.45, 7) is 5.60. The lowest BCUT2D eigenvalue weighted by Gasteiger charge is -2.26. The molecule has 1 aromatic rings. The quantitative estimate of drug-likeness (QED) is 0.849. The van der Waals surface area contributed by atoms with Crippen LogP contribution in [0.5, 0.6) is 0 Å². The van der Waals surface area contributed by atoms with Gasteiger partial charge in [0.15, 0.2) is 0 Å². The Hall–Kier alpha value is -0.830. The predicted octanol–water partition coefficient (Wildman–Crippen LogP) is 2.47. The molecule has 0 bridgehead atoms. The second-order valence-electron chi connectivity index (χ2n) is 5.30. The van der Waals surface area contributed by atoms with Crippen LogP contribution in [0.25, 0.3) is 0 Å². The van der Waals surface area contributed by atoms with Crippen molar-refractivity contribution in [3.05, 3.63) is 18.2 Å². The van der Waals surface area contributed by atoms with Gasteiger partial charge in [-0.3, -0.25) is 0 Å². The third-order valence-electron chi connectivity index (χ3n) is 4.36. The van der Waals surface area contributed by atoms with Crippen molar-refractivity contribution in [3.63, 3.8) is 0 Å². The molecule has 1 saturated carbocycles. The summed E-state index contributed by atoms with van der Waals surface area (Å²) >= 11 is 0. The van der Waals surface area contributed by atoms with Crippen LogP contribution in [0.1, 0.15) is 38.9 Å². The van der Waals surface area contributed by atoms with Crippen molar-refractivity contribution in [2.75, 3.05) is 7.05 Å². The van der Waals surface area contributed by atoms with E-state index in [1.807, 2.05) is 6.20 Å². The molecule has 0 saturated heterocycles. The number of aromatic nitrogens is 2. The Labute approximate surface area is 105 Å². The fourth-order valence-corrected chi connectivity index (χ4v) is 3.25. The van der Waals surface area contributed by atoms with Crippen LogP contribution in [0.4, 0.5) is 0 Å². The normalized spacial score (nSPS) is 26.3. The lowest BCUT2D eigenvalue weighted by Crippen LogP contribution is -2.37. The molecule has 0 radical (unpaired) electrons. The second-order valence-corrected chi connectivity index (χ2v) is 5.30. The van der Waals surface area contributed by atoms with Gasteiger partial charge in [0.1, 0.15) is 5.82 Å². The van der Waals surface area contributed by atoms with Gasteiger partial charge in [-0.1, -0.05) is 19.8 Å². The monoisotopic (exact) mass is 235 g/mol. The molecule has 0 aromatic carbocycles. The van der Waals surface area contributed by atoms with Gasteiger partial charge in [-0.05, 0) is 32.2 Å². The van der Waals surface area contributed by atoms with Gasteiger partial charge in [0.2, 0.25) is 0 Å². The van der Waals surface area contributed by atoms with Crippen molar-refractivity contribution in [1.29, 1.82) is 0 Å². The van der Waals surface area contributed by atoms with Crippen LogP contribution in [-0.4, -0.2) is 22.6 Å². The molecule has 3 unspecified atom stereocenters. The summed E-state index contributed by atoms with van der Waals surface area (Å²) in [5, 5.41) is 3.51. The average molecular weight is 235 g/mol. The minimum absolute atomic E-state index is 0.584. The molecule has 0 aliphatic heterocycles. The molecule has 3 heteroatoms. The van der Waals surface area contributed by atoms with E-state index in [4.69, 9.17) is 0 Å². The molecule has 1 aliphatic carbocycles. The molecule has 1 N–H and O–H groups in total. The minimum Gasteiger partial charge on any atom is -0.335 e. The maximum Gasteiger partial charge on any atom is 0.110 e. The van der Waals surface area contributed by atoms with E-state index >= 15 is 0 Å². The number of imidazole rings is 1. The molecular weight excluding hydrogens is 210 g/mol. The summed E-state index contributed by atoms with van der Waals surface area (Å²) < 4.78 is 2.25. The molecule has 1 fully saturated rings. The zero-order chi connectivity index (χ0) is 12.3. The standard InChI is InChI=1S/C14H25N3/c1-4-17-9-8-16-14(17)10-13(15-3)12-7-5-6-11(12)2/h8-9,11-13,15H,4-7,10H2,1-3H3. The second kappa shape index (κ2) is 5.67. The van der Waals surface area contributed by atoms with Gasteiger partial charge in [-0.15, -0.1) is 0 Å². The highest BCUT2D eigenvalue weighted by molar-refractivity contribution is 4.98. The van der Waals surface area contributed by atoms with Crippen LogP contribution in [-0.2, 0) is 13.0 Å². The predicted molar refractivity (Wildman–Crippen MR) is 71.0 cm³/mol. The number of nitrogens with one attached hydrogen (secondary N) is 1. The average Bonchev–Trinajstić information content (AvgIpc) is 2.94. The molecular formula is C14H25N3. The summed E-state index contributed by atoms with van der Waals surface area (Å²) in [5.41, 5.74) is 0. The third-order valence-corrected chi connectivity index (χ3v) is 4.36. The topological polar surface area (TPSA) is 29.9 Å². The minimum atomic E-state index is 0.584. The van der Waals surface area contributed by atoms with Crippen LogP contribution in [0.3, 0.4) is 0 Å². The first-order valence-corrected chi connectivity index (χ1v) is 6.93. The highest BCUT2D eigenvalue weighted by atomic mass is 15.1. The van der Waals surface area contributed by atoms with Crippen molar-refractivity contribution < 1.29 is 0 Å². The Kier molecular flexibility index (Phi) is 4.21. The lowest BCUT2D eigenvalue weighted by molar-refractivity contribution is 0.303. The van der Waals surface area contributed by atoms with Crippen molar-refractivity contribution in [2.45, 2.75) is 52.1 Å². The fourth-order valence-electron chi connectivity index (χ4n) is 3.25. The number of hydrogen-bond donors (Lipinski definition) is 1. The SMILES string of the molecule is CCn1ccnc1CC(NC)C1CCCC1C. The van der Waals surface area contributed by atoms with Crippen molar-refractivity contribution in [3.8, 4) is 0 Å². The highest BCUT2D eigenvalue weighted by Gasteiger charge is 2.30. The molecule has 96 valence electrons. The Morgan fingerprint density at radius 2 is 2.35 bits per heavy atom. The summed E-state index contributed by atoms with van der Waals surface area (Å²) in [4.78, 5) is 4.49. The van der Waals surface area contributed by atoms with Crippen LogP contribution < -0.4 is 5.32 Å². The molecule has 17 heavy (non-hydrogen) atoms. The highest BCUT2D eigenvalue weighted by Crippen LogP contribution is 2.34. The molecule has 1 aromatic heterocycles. The van der Waals surface area contributed by atoms with E-state index in [1.165, 1.54) is 25.1 Å². The largest absolute Gasteiger partial charge is 0.335 e. The van der Waals surface area contributed by atoms with E-state index in [2.05, 4.69) is 42.0 Å². The first kappa shape index (κ1) is 12.6. The third kappa shape index (κ3) is 2.71. The molecule has 3 atom stereocenters. The molecule has 0 spiro atoms. The summed E-state index contributed by atoms with van der Waals surface area (Å²) in [7, 11) is 2.09. The first-order valence-electron chi connectivity index (χ1n) is 6.93. The number of likely N-dealkylation sites (N-methyl/N-ethyl adjacent to an activating group) is 1. The van der Waals surface area contributed by atoms with Gasteiger partial charge in [0.25, 0.3) is 0 Å². The van der Waals surface area contributed by atoms with Gasteiger partial charge < -0.3 is 9.88 Å². The van der Waals surface area contributed by atoms with E-state index in [0.717, 1.165) is 24.8 Å². The smallest absolute Gasteiger partial charge is 0.110 e. The summed E-state index contributed by atoms with van der Waals surface area (Å²) in [5.74, 6) is 2.91. The van der Waals surface area contributed by atoms with E-state index in [9.17, 15) is 0 Å². The van der Waals surface area contributed by atoms with Crippen molar-refractivity contribution >= 4 is 0 Å². The Morgan fingerprint density at radius 3 is 2.94 bits per heavy atom. The van der Waals surface area contributed by atoms with Crippen LogP contribution >= 0.6 is 0 Å². The maximum absolute atomic E-state index is 4.49. The van der Waals surface area contributed by atoms with Crippen LogP contribution in [0.15, 0.2) is 12.4 Å². The zero-order valence-corrected chi connectivity index (χ0v) is 11.3. The van der Waals surface area contributed by atoms with Gasteiger partial charge in [-0.2, -0.15) is 0 Å². The Bertz CT molecular complexity index is 345. The summed E-state index contributed by atoms with van der Waals surface area (Å²) in [6, 6.07) is 0.584. The molecule has 3 nitrogen and oxygen atoms in total. The van der Waals surface area contributed by atoms with Crippen molar-refractivity contribution in [1.82, 2.24) is 14.9 Å². The first-order chi connectivity index (χ1) is 8.26. The maximum atomic E-state index is 4.49. The van der Waals surface area contributed by atoms with E-state index in [1.54, 1.807) is 0 Å². The van der Waals surface area contributed by atoms with Gasteiger partial charge in [-0.25, -0.2) is 4.98 Å². The zero-order valence-electron chi connectivity index (χ0n) is 11.3. The molecule has 1 heterocycles. The number of aryl methyl sites for hydroxylation is 1. The lowest BCUT2D eigenvalue weighted by atomic mass is 9.88. The Morgan fingerprint density at radius 1 is 1.53 bits per heavy atom. The number of rotatable bonds is 5. The molecule has 2 rings (SSSR count). The number of hydrogen-bond acceptors (Lipinski definition) is 2. The van der Waals surface area contributed by atoms with Gasteiger partial charge >= 0.3 is 0 Å². The Balaban J connectivity index is 2.04. The van der Waals surface area contributed by atoms with Crippen molar-refractivity contribution in [2.24, 2.45) is 11.8 Å². The fraction of sp³-hybridized carbons (Fsp3) is 0.786. The van der Waals surface area contributed by atoms with E-state index < -0.39 is 0 Å². The molecule has 1 aliphatic rings. The number of nitrogens with zero attached hydrogens (tertiary/aromatic N) is 2. The van der Waals surface area contributed by atoms with E-state index in [0.29, 0.717) is 6.04 Å². The van der Waals surface area contributed by atoms with Gasteiger partial charge in [0.05, 0.1) is 0 Å². The summed E-state index contributed by atoms with van der Waals surface area (Å²) in [6.07, 6.45) is 9.23.